The van der Waals surface area contributed by atoms with Crippen molar-refractivity contribution in [2.45, 2.75) is 11.3 Å². The molecule has 0 unspecified atom stereocenters. The Morgan fingerprint density at radius 1 is 1.29 bits per heavy atom. The summed E-state index contributed by atoms with van der Waals surface area (Å²) in [4.78, 5) is 0.887. The Hall–Kier alpha value is -1.34. The Balaban J connectivity index is 2.22. The summed E-state index contributed by atoms with van der Waals surface area (Å²) in [7, 11) is -3.65. The molecule has 0 aliphatic carbocycles. The molecule has 4 nitrogen and oxygen atoms in total. The molecule has 2 N–H and O–H groups in total. The summed E-state index contributed by atoms with van der Waals surface area (Å²) in [5.74, 6) is 0. The highest BCUT2D eigenvalue weighted by Gasteiger charge is 2.22. The van der Waals surface area contributed by atoms with Crippen LogP contribution >= 0.6 is 22.9 Å². The molecule has 0 fully saturated rings. The molecule has 0 spiro atoms. The van der Waals surface area contributed by atoms with Gasteiger partial charge in [-0.2, -0.15) is 0 Å². The number of nitrogens with zero attached hydrogens (tertiary/aromatic N) is 1. The third kappa shape index (κ3) is 2.48. The molecular weight excluding hydrogens is 328 g/mol. The molecule has 0 saturated heterocycles. The van der Waals surface area contributed by atoms with Gasteiger partial charge in [0.1, 0.15) is 4.83 Å². The fourth-order valence-corrected chi connectivity index (χ4v) is 5.09. The molecule has 3 aromatic rings. The fraction of sp³-hybridized carbons (Fsp3) is 0.143. The van der Waals surface area contributed by atoms with Gasteiger partial charge in [-0.15, -0.1) is 11.3 Å². The lowest BCUT2D eigenvalue weighted by atomic mass is 10.2. The largest absolute Gasteiger partial charge is 0.330 e. The number of hydrogen-bond donors (Lipinski definition) is 1. The Bertz CT molecular complexity index is 897. The van der Waals surface area contributed by atoms with E-state index in [2.05, 4.69) is 0 Å². The second kappa shape index (κ2) is 5.46. The van der Waals surface area contributed by atoms with Crippen molar-refractivity contribution in [2.24, 2.45) is 5.73 Å². The van der Waals surface area contributed by atoms with Crippen LogP contribution in [-0.4, -0.2) is 18.9 Å². The van der Waals surface area contributed by atoms with E-state index in [-0.39, 0.29) is 4.90 Å². The van der Waals surface area contributed by atoms with E-state index in [0.29, 0.717) is 22.8 Å². The Morgan fingerprint density at radius 2 is 2.10 bits per heavy atom. The zero-order valence-corrected chi connectivity index (χ0v) is 13.4. The van der Waals surface area contributed by atoms with Crippen LogP contribution in [0.4, 0.5) is 0 Å². The summed E-state index contributed by atoms with van der Waals surface area (Å²) in [6.07, 6.45) is 2.30. The van der Waals surface area contributed by atoms with Crippen LogP contribution in [-0.2, 0) is 16.4 Å². The Kier molecular flexibility index (Phi) is 3.79. The molecular formula is C14H13ClN2O2S2. The highest BCUT2D eigenvalue weighted by Crippen LogP contribution is 2.30. The van der Waals surface area contributed by atoms with Crippen molar-refractivity contribution in [3.05, 3.63) is 52.5 Å². The van der Waals surface area contributed by atoms with E-state index in [1.165, 1.54) is 21.4 Å². The summed E-state index contributed by atoms with van der Waals surface area (Å²) in [6.45, 7) is 0.478. The monoisotopic (exact) mass is 340 g/mol. The molecule has 0 aliphatic heterocycles. The first-order valence-corrected chi connectivity index (χ1v) is 9.02. The van der Waals surface area contributed by atoms with E-state index in [1.807, 2.05) is 11.4 Å². The molecule has 0 aliphatic rings. The second-order valence-corrected chi connectivity index (χ2v) is 7.74. The first kappa shape index (κ1) is 14.6. The number of nitrogens with two attached hydrogens (primary N) is 1. The molecule has 0 radical (unpaired) electrons. The average Bonchev–Trinajstić information content (AvgIpc) is 3.03. The summed E-state index contributed by atoms with van der Waals surface area (Å²) in [6, 6.07) is 8.21. The minimum Gasteiger partial charge on any atom is -0.330 e. The van der Waals surface area contributed by atoms with Crippen LogP contribution in [0.25, 0.3) is 10.2 Å². The summed E-state index contributed by atoms with van der Waals surface area (Å²) >= 11 is 7.30. The van der Waals surface area contributed by atoms with Crippen molar-refractivity contribution in [2.75, 3.05) is 6.54 Å². The van der Waals surface area contributed by atoms with Gasteiger partial charge in [-0.3, -0.25) is 0 Å². The number of hydrogen-bond acceptors (Lipinski definition) is 4. The maximum absolute atomic E-state index is 12.8. The summed E-state index contributed by atoms with van der Waals surface area (Å²) < 4.78 is 26.9. The van der Waals surface area contributed by atoms with E-state index in [9.17, 15) is 8.42 Å². The van der Waals surface area contributed by atoms with Gasteiger partial charge in [0.15, 0.2) is 0 Å². The molecule has 7 heteroatoms. The summed E-state index contributed by atoms with van der Waals surface area (Å²) in [5, 5.41) is 3.22. The number of aromatic nitrogens is 1. The highest BCUT2D eigenvalue weighted by atomic mass is 35.5. The van der Waals surface area contributed by atoms with Gasteiger partial charge in [-0.25, -0.2) is 12.4 Å². The SMILES string of the molecule is NCCc1cn(S(=O)(=O)c2cccc(Cl)c2)c2sccc12. The molecule has 0 saturated carbocycles. The predicted molar refractivity (Wildman–Crippen MR) is 86.6 cm³/mol. The third-order valence-corrected chi connectivity index (χ3v) is 6.15. The lowest BCUT2D eigenvalue weighted by molar-refractivity contribution is 0.589. The number of benzene rings is 1. The number of fused-ring (bicyclic) bond motifs is 1. The zero-order valence-electron chi connectivity index (χ0n) is 11.0. The van der Waals surface area contributed by atoms with Crippen LogP contribution in [0.2, 0.25) is 5.02 Å². The maximum Gasteiger partial charge on any atom is 0.268 e. The highest BCUT2D eigenvalue weighted by molar-refractivity contribution is 7.90. The fourth-order valence-electron chi connectivity index (χ4n) is 2.26. The Labute approximate surface area is 131 Å². The van der Waals surface area contributed by atoms with Crippen molar-refractivity contribution in [1.29, 1.82) is 0 Å². The van der Waals surface area contributed by atoms with Gasteiger partial charge < -0.3 is 5.73 Å². The van der Waals surface area contributed by atoms with Gasteiger partial charge in [0.05, 0.1) is 4.90 Å². The predicted octanol–water partition coefficient (Wildman–Crippen LogP) is 3.09. The van der Waals surface area contributed by atoms with Crippen molar-refractivity contribution >= 4 is 43.2 Å². The molecule has 3 rings (SSSR count). The van der Waals surface area contributed by atoms with Crippen LogP contribution in [0.15, 0.2) is 46.8 Å². The number of rotatable bonds is 4. The number of thiophene rings is 1. The minimum absolute atomic E-state index is 0.180. The summed E-state index contributed by atoms with van der Waals surface area (Å²) in [5.41, 5.74) is 6.54. The van der Waals surface area contributed by atoms with Crippen molar-refractivity contribution in [3.8, 4) is 0 Å². The van der Waals surface area contributed by atoms with E-state index in [0.717, 1.165) is 10.9 Å². The van der Waals surface area contributed by atoms with E-state index in [1.54, 1.807) is 24.4 Å². The molecule has 110 valence electrons. The van der Waals surface area contributed by atoms with Gasteiger partial charge >= 0.3 is 0 Å². The van der Waals surface area contributed by atoms with Crippen LogP contribution < -0.4 is 5.73 Å². The van der Waals surface area contributed by atoms with Crippen LogP contribution in [0.5, 0.6) is 0 Å². The molecule has 0 atom stereocenters. The quantitative estimate of drug-likeness (QED) is 0.793. The van der Waals surface area contributed by atoms with Crippen LogP contribution in [0, 0.1) is 0 Å². The van der Waals surface area contributed by atoms with Gasteiger partial charge in [-0.1, -0.05) is 17.7 Å². The van der Waals surface area contributed by atoms with E-state index in [4.69, 9.17) is 17.3 Å². The van der Waals surface area contributed by atoms with Gasteiger partial charge in [-0.05, 0) is 48.2 Å². The molecule has 21 heavy (non-hydrogen) atoms. The van der Waals surface area contributed by atoms with Gasteiger partial charge in [0, 0.05) is 16.6 Å². The van der Waals surface area contributed by atoms with E-state index >= 15 is 0 Å². The van der Waals surface area contributed by atoms with Crippen LogP contribution in [0.3, 0.4) is 0 Å². The van der Waals surface area contributed by atoms with Crippen LogP contribution in [0.1, 0.15) is 5.56 Å². The molecule has 0 bridgehead atoms. The molecule has 1 aromatic carbocycles. The lowest BCUT2D eigenvalue weighted by Gasteiger charge is -2.06. The van der Waals surface area contributed by atoms with Crippen molar-refractivity contribution < 1.29 is 8.42 Å². The third-order valence-electron chi connectivity index (χ3n) is 3.23. The topological polar surface area (TPSA) is 65.1 Å². The second-order valence-electron chi connectivity index (χ2n) is 4.59. The molecule has 2 heterocycles. The minimum atomic E-state index is -3.65. The normalized spacial score (nSPS) is 12.1. The standard InChI is InChI=1S/C14H13ClN2O2S2/c15-11-2-1-3-12(8-11)21(18,19)17-9-10(4-6-16)13-5-7-20-14(13)17/h1-3,5,7-9H,4,6,16H2. The smallest absolute Gasteiger partial charge is 0.268 e. The molecule has 0 amide bonds. The van der Waals surface area contributed by atoms with Gasteiger partial charge in [0.25, 0.3) is 10.0 Å². The van der Waals surface area contributed by atoms with Crippen molar-refractivity contribution in [3.63, 3.8) is 0 Å². The first-order valence-electron chi connectivity index (χ1n) is 6.32. The lowest BCUT2D eigenvalue weighted by Crippen LogP contribution is -2.11. The number of halogens is 1. The van der Waals surface area contributed by atoms with Crippen molar-refractivity contribution in [1.82, 2.24) is 3.97 Å². The zero-order chi connectivity index (χ0) is 15.0. The maximum atomic E-state index is 12.8. The first-order chi connectivity index (χ1) is 10.0. The van der Waals surface area contributed by atoms with E-state index < -0.39 is 10.0 Å². The molecule has 2 aromatic heterocycles. The average molecular weight is 341 g/mol. The Morgan fingerprint density at radius 3 is 2.81 bits per heavy atom. The van der Waals surface area contributed by atoms with Gasteiger partial charge in [0.2, 0.25) is 0 Å².